The van der Waals surface area contributed by atoms with Crippen LogP contribution in [0.15, 0.2) is 40.8 Å². The topological polar surface area (TPSA) is 92.8 Å². The van der Waals surface area contributed by atoms with E-state index in [1.54, 1.807) is 41.3 Å². The van der Waals surface area contributed by atoms with Gasteiger partial charge in [0.05, 0.1) is 18.6 Å². The zero-order valence-electron chi connectivity index (χ0n) is 15.0. The molecule has 1 aliphatic heterocycles. The number of furan rings is 1. The Bertz CT molecular complexity index is 859. The number of hydrogen-bond acceptors (Lipinski definition) is 6. The molecule has 1 aromatic carbocycles. The number of carbonyl (C=O) groups is 2. The Morgan fingerprint density at radius 3 is 2.67 bits per heavy atom. The third kappa shape index (κ3) is 4.29. The van der Waals surface area contributed by atoms with Gasteiger partial charge in [-0.1, -0.05) is 12.1 Å². The summed E-state index contributed by atoms with van der Waals surface area (Å²) < 4.78 is 16.0. The van der Waals surface area contributed by atoms with E-state index in [0.717, 1.165) is 0 Å². The summed E-state index contributed by atoms with van der Waals surface area (Å²) in [5.41, 5.74) is 0.439. The number of ether oxygens (including phenoxy) is 2. The van der Waals surface area contributed by atoms with Crippen molar-refractivity contribution in [3.8, 4) is 11.8 Å². The number of nitriles is 1. The number of carbonyl (C=O) groups excluding carboxylic acids is 2. The quantitative estimate of drug-likeness (QED) is 0.754. The normalized spacial score (nSPS) is 14.4. The van der Waals surface area contributed by atoms with E-state index in [9.17, 15) is 9.59 Å². The van der Waals surface area contributed by atoms with Gasteiger partial charge in [0.1, 0.15) is 24.2 Å². The highest BCUT2D eigenvalue weighted by atomic mass is 16.5. The van der Waals surface area contributed by atoms with Crippen molar-refractivity contribution in [2.45, 2.75) is 19.4 Å². The summed E-state index contributed by atoms with van der Waals surface area (Å²) in [5.74, 6) is 0.613. The Balaban J connectivity index is 1.57. The van der Waals surface area contributed by atoms with Gasteiger partial charge in [0, 0.05) is 13.1 Å². The lowest BCUT2D eigenvalue weighted by Crippen LogP contribution is -2.40. The summed E-state index contributed by atoms with van der Waals surface area (Å²) in [4.78, 5) is 25.8. The highest BCUT2D eigenvalue weighted by molar-refractivity contribution is 5.91. The molecule has 1 fully saturated rings. The molecule has 0 atom stereocenters. The van der Waals surface area contributed by atoms with Gasteiger partial charge >= 0.3 is 5.97 Å². The van der Waals surface area contributed by atoms with Crippen LogP contribution in [-0.4, -0.2) is 37.0 Å². The van der Waals surface area contributed by atoms with Crippen molar-refractivity contribution in [3.05, 3.63) is 53.5 Å². The first-order valence-corrected chi connectivity index (χ1v) is 8.70. The molecule has 0 radical (unpaired) electrons. The summed E-state index contributed by atoms with van der Waals surface area (Å²) in [7, 11) is 1.38. The highest BCUT2D eigenvalue weighted by Gasteiger charge is 2.29. The van der Waals surface area contributed by atoms with Gasteiger partial charge in [-0.2, -0.15) is 5.26 Å². The number of piperidine rings is 1. The molecular formula is C20H20N2O5. The van der Waals surface area contributed by atoms with Crippen molar-refractivity contribution in [1.82, 2.24) is 4.90 Å². The van der Waals surface area contributed by atoms with Crippen molar-refractivity contribution in [2.75, 3.05) is 20.2 Å². The molecule has 0 aliphatic carbocycles. The smallest absolute Gasteiger partial charge is 0.308 e. The molecule has 1 saturated heterocycles. The Labute approximate surface area is 157 Å². The zero-order chi connectivity index (χ0) is 19.2. The molecule has 140 valence electrons. The van der Waals surface area contributed by atoms with Crippen LogP contribution >= 0.6 is 0 Å². The summed E-state index contributed by atoms with van der Waals surface area (Å²) in [5, 5.41) is 9.07. The molecule has 1 aromatic heterocycles. The first-order chi connectivity index (χ1) is 13.1. The molecule has 0 bridgehead atoms. The van der Waals surface area contributed by atoms with Gasteiger partial charge in [-0.15, -0.1) is 0 Å². The maximum atomic E-state index is 12.6. The number of nitrogens with zero attached hydrogens (tertiary/aromatic N) is 2. The van der Waals surface area contributed by atoms with E-state index in [-0.39, 0.29) is 30.2 Å². The van der Waals surface area contributed by atoms with E-state index >= 15 is 0 Å². The minimum absolute atomic E-state index is 0.121. The molecule has 0 unspecified atom stereocenters. The fraction of sp³-hybridized carbons (Fsp3) is 0.350. The average Bonchev–Trinajstić information content (AvgIpc) is 3.20. The largest absolute Gasteiger partial charge is 0.484 e. The van der Waals surface area contributed by atoms with E-state index < -0.39 is 0 Å². The summed E-state index contributed by atoms with van der Waals surface area (Å²) in [6.07, 6.45) is 1.17. The maximum Gasteiger partial charge on any atom is 0.308 e. The van der Waals surface area contributed by atoms with Crippen LogP contribution in [0, 0.1) is 17.2 Å². The predicted molar refractivity (Wildman–Crippen MR) is 94.8 cm³/mol. The van der Waals surface area contributed by atoms with Gasteiger partial charge in [-0.3, -0.25) is 9.59 Å². The molecule has 2 aromatic rings. The average molecular weight is 368 g/mol. The SMILES string of the molecule is COC(=O)C1CCN(C(=O)c2ccc(COc3ccccc3C#N)o2)CC1. The van der Waals surface area contributed by atoms with Gasteiger partial charge in [0.25, 0.3) is 5.91 Å². The van der Waals surface area contributed by atoms with E-state index in [1.807, 2.05) is 0 Å². The minimum atomic E-state index is -0.225. The van der Waals surface area contributed by atoms with Crippen LogP contribution in [0.2, 0.25) is 0 Å². The number of rotatable bonds is 5. The lowest BCUT2D eigenvalue weighted by atomic mass is 9.97. The Kier molecular flexibility index (Phi) is 5.77. The number of methoxy groups -OCH3 is 1. The second-order valence-electron chi connectivity index (χ2n) is 6.25. The standard InChI is InChI=1S/C20H20N2O5/c1-25-20(24)14-8-10-22(11-9-14)19(23)18-7-6-16(27-18)13-26-17-5-3-2-4-15(17)12-21/h2-7,14H,8-11,13H2,1H3. The van der Waals surface area contributed by atoms with Crippen molar-refractivity contribution < 1.29 is 23.5 Å². The van der Waals surface area contributed by atoms with Crippen molar-refractivity contribution in [1.29, 1.82) is 5.26 Å². The van der Waals surface area contributed by atoms with E-state index in [0.29, 0.717) is 43.0 Å². The second kappa shape index (κ2) is 8.41. The summed E-state index contributed by atoms with van der Waals surface area (Å²) in [6.45, 7) is 1.09. The number of para-hydroxylation sites is 1. The highest BCUT2D eigenvalue weighted by Crippen LogP contribution is 2.22. The molecule has 3 rings (SSSR count). The Morgan fingerprint density at radius 1 is 1.22 bits per heavy atom. The first-order valence-electron chi connectivity index (χ1n) is 8.70. The van der Waals surface area contributed by atoms with Crippen LogP contribution < -0.4 is 4.74 Å². The molecule has 7 nitrogen and oxygen atoms in total. The van der Waals surface area contributed by atoms with Crippen molar-refractivity contribution in [2.24, 2.45) is 5.92 Å². The minimum Gasteiger partial charge on any atom is -0.484 e. The van der Waals surface area contributed by atoms with Gasteiger partial charge < -0.3 is 18.8 Å². The van der Waals surface area contributed by atoms with Crippen LogP contribution in [0.1, 0.15) is 34.7 Å². The second-order valence-corrected chi connectivity index (χ2v) is 6.25. The van der Waals surface area contributed by atoms with Crippen LogP contribution in [-0.2, 0) is 16.1 Å². The molecule has 7 heteroatoms. The van der Waals surface area contributed by atoms with E-state index in [2.05, 4.69) is 6.07 Å². The number of hydrogen-bond donors (Lipinski definition) is 0. The van der Waals surface area contributed by atoms with Crippen LogP contribution in [0.4, 0.5) is 0 Å². The molecule has 0 spiro atoms. The molecule has 27 heavy (non-hydrogen) atoms. The fourth-order valence-electron chi connectivity index (χ4n) is 3.04. The number of esters is 1. The fourth-order valence-corrected chi connectivity index (χ4v) is 3.04. The van der Waals surface area contributed by atoms with Gasteiger partial charge in [0.2, 0.25) is 0 Å². The van der Waals surface area contributed by atoms with Gasteiger partial charge in [-0.05, 0) is 37.1 Å². The molecule has 1 aliphatic rings. The Morgan fingerprint density at radius 2 is 1.96 bits per heavy atom. The van der Waals surface area contributed by atoms with E-state index in [1.165, 1.54) is 7.11 Å². The van der Waals surface area contributed by atoms with Crippen LogP contribution in [0.25, 0.3) is 0 Å². The predicted octanol–water partition coefficient (Wildman–Crippen LogP) is 2.76. The van der Waals surface area contributed by atoms with Gasteiger partial charge in [-0.25, -0.2) is 0 Å². The lowest BCUT2D eigenvalue weighted by molar-refractivity contribution is -0.146. The van der Waals surface area contributed by atoms with Crippen LogP contribution in [0.5, 0.6) is 5.75 Å². The number of amides is 1. The monoisotopic (exact) mass is 368 g/mol. The van der Waals surface area contributed by atoms with Crippen LogP contribution in [0.3, 0.4) is 0 Å². The molecule has 0 saturated carbocycles. The third-order valence-corrected chi connectivity index (χ3v) is 4.57. The van der Waals surface area contributed by atoms with E-state index in [4.69, 9.17) is 19.2 Å². The molecule has 1 amide bonds. The van der Waals surface area contributed by atoms with Crippen molar-refractivity contribution >= 4 is 11.9 Å². The molecule has 2 heterocycles. The third-order valence-electron chi connectivity index (χ3n) is 4.57. The number of likely N-dealkylation sites (tertiary alicyclic amines) is 1. The zero-order valence-corrected chi connectivity index (χ0v) is 15.0. The molecule has 0 N–H and O–H groups in total. The van der Waals surface area contributed by atoms with Crippen molar-refractivity contribution in [3.63, 3.8) is 0 Å². The molecular weight excluding hydrogens is 348 g/mol. The summed E-state index contributed by atoms with van der Waals surface area (Å²) in [6, 6.07) is 12.3. The first kappa shape index (κ1) is 18.5. The Hall–Kier alpha value is -3.27. The number of benzene rings is 1. The van der Waals surface area contributed by atoms with Gasteiger partial charge in [0.15, 0.2) is 5.76 Å². The maximum absolute atomic E-state index is 12.6. The lowest BCUT2D eigenvalue weighted by Gasteiger charge is -2.30. The summed E-state index contributed by atoms with van der Waals surface area (Å²) >= 11 is 0.